The first-order valence-electron chi connectivity index (χ1n) is 8.89. The van der Waals surface area contributed by atoms with Gasteiger partial charge in [0.25, 0.3) is 5.56 Å². The lowest BCUT2D eigenvalue weighted by Crippen LogP contribution is -2.23. The van der Waals surface area contributed by atoms with Gasteiger partial charge in [-0.3, -0.25) is 9.59 Å². The van der Waals surface area contributed by atoms with Crippen LogP contribution in [-0.4, -0.2) is 21.1 Å². The maximum Gasteiger partial charge on any atom is 0.259 e. The zero-order chi connectivity index (χ0) is 19.6. The van der Waals surface area contributed by atoms with Gasteiger partial charge < -0.3 is 10.3 Å². The van der Waals surface area contributed by atoms with E-state index in [0.29, 0.717) is 17.0 Å². The third kappa shape index (κ3) is 4.42. The Hall–Kier alpha value is -2.12. The lowest BCUT2D eigenvalue weighted by molar-refractivity contribution is -0.115. The van der Waals surface area contributed by atoms with E-state index in [1.165, 1.54) is 28.7 Å². The maximum atomic E-state index is 12.4. The number of hydrogen-bond acceptors (Lipinski definition) is 5. The fraction of sp³-hybridized carbons (Fsp3) is 0.350. The third-order valence-electron chi connectivity index (χ3n) is 4.53. The number of aromatic amines is 1. The molecule has 2 N–H and O–H groups in total. The number of thioether (sulfide) groups is 1. The number of benzene rings is 1. The summed E-state index contributed by atoms with van der Waals surface area (Å²) in [5.74, 6) is 1.02. The lowest BCUT2D eigenvalue weighted by atomic mass is 10.1. The van der Waals surface area contributed by atoms with Gasteiger partial charge in [0.15, 0.2) is 0 Å². The van der Waals surface area contributed by atoms with Crippen LogP contribution in [0.2, 0.25) is 0 Å². The molecule has 0 aliphatic rings. The highest BCUT2D eigenvalue weighted by molar-refractivity contribution is 7.99. The summed E-state index contributed by atoms with van der Waals surface area (Å²) in [6.45, 7) is 7.88. The molecule has 1 atom stereocenters. The van der Waals surface area contributed by atoms with E-state index in [1.807, 2.05) is 45.0 Å². The maximum absolute atomic E-state index is 12.4. The van der Waals surface area contributed by atoms with Crippen molar-refractivity contribution < 1.29 is 4.79 Å². The zero-order valence-electron chi connectivity index (χ0n) is 15.9. The average molecular weight is 402 g/mol. The van der Waals surface area contributed by atoms with Crippen molar-refractivity contribution in [2.24, 2.45) is 0 Å². The van der Waals surface area contributed by atoms with Crippen molar-refractivity contribution in [2.45, 2.75) is 45.1 Å². The molecule has 0 saturated carbocycles. The molecule has 2 aromatic heterocycles. The van der Waals surface area contributed by atoms with Crippen molar-refractivity contribution >= 4 is 44.9 Å². The summed E-state index contributed by atoms with van der Waals surface area (Å²) in [5, 5.41) is 3.37. The predicted octanol–water partition coefficient (Wildman–Crippen LogP) is 4.42. The Bertz CT molecular complexity index is 1040. The van der Waals surface area contributed by atoms with E-state index < -0.39 is 0 Å². The van der Waals surface area contributed by atoms with Crippen LogP contribution >= 0.6 is 23.1 Å². The molecule has 1 aromatic carbocycles. The molecular formula is C20H23N3O2S2. The van der Waals surface area contributed by atoms with E-state index in [4.69, 9.17) is 0 Å². The average Bonchev–Trinajstić information content (AvgIpc) is 2.94. The van der Waals surface area contributed by atoms with Crippen LogP contribution in [0.5, 0.6) is 0 Å². The van der Waals surface area contributed by atoms with Crippen LogP contribution in [0.25, 0.3) is 10.2 Å². The number of nitrogens with zero attached hydrogens (tertiary/aromatic N) is 1. The SMILES string of the molecule is CCc1cccc(NC(=O)C(C)SCc2nc3sc(C)c(C)c3c(=O)[nH]2)c1. The van der Waals surface area contributed by atoms with Crippen molar-refractivity contribution in [3.8, 4) is 0 Å². The summed E-state index contributed by atoms with van der Waals surface area (Å²) >= 11 is 2.99. The third-order valence-corrected chi connectivity index (χ3v) is 6.79. The van der Waals surface area contributed by atoms with Crippen LogP contribution in [0.4, 0.5) is 5.69 Å². The second-order valence-electron chi connectivity index (χ2n) is 6.47. The van der Waals surface area contributed by atoms with Crippen LogP contribution in [0.15, 0.2) is 29.1 Å². The van der Waals surface area contributed by atoms with Gasteiger partial charge in [0, 0.05) is 10.6 Å². The molecule has 0 spiro atoms. The van der Waals surface area contributed by atoms with Crippen LogP contribution in [0.3, 0.4) is 0 Å². The quantitative estimate of drug-likeness (QED) is 0.641. The summed E-state index contributed by atoms with van der Waals surface area (Å²) < 4.78 is 0. The van der Waals surface area contributed by atoms with Crippen molar-refractivity contribution in [1.82, 2.24) is 9.97 Å². The van der Waals surface area contributed by atoms with Gasteiger partial charge in [-0.2, -0.15) is 0 Å². The molecule has 2 heterocycles. The molecule has 0 aliphatic carbocycles. The number of nitrogens with one attached hydrogen (secondary N) is 2. The molecule has 0 bridgehead atoms. The van der Waals surface area contributed by atoms with Crippen molar-refractivity contribution in [2.75, 3.05) is 5.32 Å². The van der Waals surface area contributed by atoms with Crippen LogP contribution in [0, 0.1) is 13.8 Å². The smallest absolute Gasteiger partial charge is 0.259 e. The fourth-order valence-corrected chi connectivity index (χ4v) is 4.56. The van der Waals surface area contributed by atoms with Crippen molar-refractivity contribution in [3.63, 3.8) is 0 Å². The molecule has 0 fully saturated rings. The Kier molecular flexibility index (Phi) is 6.01. The first-order valence-corrected chi connectivity index (χ1v) is 10.8. The zero-order valence-corrected chi connectivity index (χ0v) is 17.5. The molecule has 5 nitrogen and oxygen atoms in total. The Balaban J connectivity index is 1.66. The van der Waals surface area contributed by atoms with E-state index >= 15 is 0 Å². The Morgan fingerprint density at radius 1 is 1.37 bits per heavy atom. The number of anilines is 1. The standard InChI is InChI=1S/C20H23N3O2S2/c1-5-14-7-6-8-15(9-14)21-18(24)13(4)26-10-16-22-19(25)17-11(2)12(3)27-20(17)23-16/h6-9,13H,5,10H2,1-4H3,(H,21,24)(H,22,23,25). The van der Waals surface area contributed by atoms with Crippen LogP contribution in [-0.2, 0) is 17.0 Å². The van der Waals surface area contributed by atoms with Gasteiger partial charge in [-0.15, -0.1) is 23.1 Å². The van der Waals surface area contributed by atoms with Gasteiger partial charge in [-0.1, -0.05) is 19.1 Å². The number of rotatable bonds is 6. The number of thiophene rings is 1. The van der Waals surface area contributed by atoms with Gasteiger partial charge >= 0.3 is 0 Å². The minimum absolute atomic E-state index is 0.0560. The highest BCUT2D eigenvalue weighted by Gasteiger charge is 2.16. The Morgan fingerprint density at radius 2 is 2.15 bits per heavy atom. The van der Waals surface area contributed by atoms with E-state index in [-0.39, 0.29) is 16.7 Å². The van der Waals surface area contributed by atoms with Crippen molar-refractivity contribution in [1.29, 1.82) is 0 Å². The predicted molar refractivity (Wildman–Crippen MR) is 115 cm³/mol. The molecule has 27 heavy (non-hydrogen) atoms. The first kappa shape index (κ1) is 19.6. The van der Waals surface area contributed by atoms with Crippen LogP contribution < -0.4 is 10.9 Å². The normalized spacial score (nSPS) is 12.3. The van der Waals surface area contributed by atoms with E-state index in [1.54, 1.807) is 0 Å². The van der Waals surface area contributed by atoms with E-state index in [9.17, 15) is 9.59 Å². The topological polar surface area (TPSA) is 74.8 Å². The molecule has 3 aromatic rings. The molecule has 1 unspecified atom stereocenters. The van der Waals surface area contributed by atoms with E-state index in [2.05, 4.69) is 22.2 Å². The van der Waals surface area contributed by atoms with Gasteiger partial charge in [0.05, 0.1) is 16.4 Å². The van der Waals surface area contributed by atoms with Gasteiger partial charge in [-0.05, 0) is 50.5 Å². The van der Waals surface area contributed by atoms with Gasteiger partial charge in [-0.25, -0.2) is 4.98 Å². The largest absolute Gasteiger partial charge is 0.325 e. The molecule has 3 rings (SSSR count). The summed E-state index contributed by atoms with van der Waals surface area (Å²) in [4.78, 5) is 34.1. The molecule has 0 radical (unpaired) electrons. The Labute approximate surface area is 166 Å². The van der Waals surface area contributed by atoms with Gasteiger partial charge in [0.2, 0.25) is 5.91 Å². The summed E-state index contributed by atoms with van der Waals surface area (Å²) in [6.07, 6.45) is 0.928. The van der Waals surface area contributed by atoms with Gasteiger partial charge in [0.1, 0.15) is 10.7 Å². The molecular weight excluding hydrogens is 378 g/mol. The molecule has 142 valence electrons. The summed E-state index contributed by atoms with van der Waals surface area (Å²) in [5.41, 5.74) is 2.88. The minimum atomic E-state index is -0.261. The number of hydrogen-bond donors (Lipinski definition) is 2. The second kappa shape index (κ2) is 8.27. The number of fused-ring (bicyclic) bond motifs is 1. The highest BCUT2D eigenvalue weighted by atomic mass is 32.2. The molecule has 7 heteroatoms. The van der Waals surface area contributed by atoms with E-state index in [0.717, 1.165) is 27.4 Å². The number of H-pyrrole nitrogens is 1. The number of aromatic nitrogens is 2. The minimum Gasteiger partial charge on any atom is -0.325 e. The highest BCUT2D eigenvalue weighted by Crippen LogP contribution is 2.26. The van der Waals surface area contributed by atoms with Crippen LogP contribution in [0.1, 0.15) is 35.7 Å². The molecule has 1 amide bonds. The molecule has 0 saturated heterocycles. The Morgan fingerprint density at radius 3 is 2.89 bits per heavy atom. The number of amides is 1. The number of aryl methyl sites for hydroxylation is 3. The summed E-state index contributed by atoms with van der Waals surface area (Å²) in [6, 6.07) is 7.87. The number of carbonyl (C=O) groups excluding carboxylic acids is 1. The summed E-state index contributed by atoms with van der Waals surface area (Å²) in [7, 11) is 0. The molecule has 0 aliphatic heterocycles. The number of carbonyl (C=O) groups is 1. The second-order valence-corrected chi connectivity index (χ2v) is 9.00. The first-order chi connectivity index (χ1) is 12.9. The fourth-order valence-electron chi connectivity index (χ4n) is 2.76. The lowest BCUT2D eigenvalue weighted by Gasteiger charge is -2.12. The monoisotopic (exact) mass is 401 g/mol. The van der Waals surface area contributed by atoms with Crippen molar-refractivity contribution in [3.05, 3.63) is 56.4 Å².